The Morgan fingerprint density at radius 1 is 1.61 bits per heavy atom. The van der Waals surface area contributed by atoms with Crippen LogP contribution in [0.1, 0.15) is 24.0 Å². The Morgan fingerprint density at radius 3 is 2.83 bits per heavy atom. The van der Waals surface area contributed by atoms with Gasteiger partial charge in [0, 0.05) is 0 Å². The predicted molar refractivity (Wildman–Crippen MR) is 63.1 cm³/mol. The van der Waals surface area contributed by atoms with Gasteiger partial charge in [-0.2, -0.15) is 0 Å². The first-order chi connectivity index (χ1) is 8.52. The molecule has 0 radical (unpaired) electrons. The van der Waals surface area contributed by atoms with Gasteiger partial charge in [0.2, 0.25) is 0 Å². The number of aliphatic carboxylic acids is 1. The molecule has 0 saturated heterocycles. The van der Waals surface area contributed by atoms with E-state index in [9.17, 15) is 9.59 Å². The van der Waals surface area contributed by atoms with Gasteiger partial charge in [-0.15, -0.1) is 0 Å². The van der Waals surface area contributed by atoms with Crippen LogP contribution in [0.4, 0.5) is 4.79 Å². The Balaban J connectivity index is 2.69. The lowest BCUT2D eigenvalue weighted by Gasteiger charge is -2.14. The van der Waals surface area contributed by atoms with Crippen molar-refractivity contribution in [2.75, 3.05) is 6.61 Å². The van der Waals surface area contributed by atoms with Crippen LogP contribution in [0, 0.1) is 6.92 Å². The van der Waals surface area contributed by atoms with Crippen LogP contribution in [-0.4, -0.2) is 23.8 Å². The van der Waals surface area contributed by atoms with Gasteiger partial charge in [-0.3, -0.25) is 4.79 Å². The average molecular weight is 253 g/mol. The Labute approximate surface area is 104 Å². The quantitative estimate of drug-likeness (QED) is 0.757. The molecule has 2 N–H and O–H groups in total. The summed E-state index contributed by atoms with van der Waals surface area (Å²) in [5, 5.41) is 11.2. The maximum absolute atomic E-state index is 11.4. The van der Waals surface area contributed by atoms with Gasteiger partial charge in [0.25, 0.3) is 0 Å². The monoisotopic (exact) mass is 253 g/mol. The normalized spacial score (nSPS) is 11.6. The van der Waals surface area contributed by atoms with Crippen molar-refractivity contribution < 1.29 is 23.8 Å². The van der Waals surface area contributed by atoms with Gasteiger partial charge in [0.15, 0.2) is 0 Å². The molecule has 1 unspecified atom stereocenters. The summed E-state index contributed by atoms with van der Waals surface area (Å²) in [6, 6.07) is 2.56. The van der Waals surface area contributed by atoms with Crippen molar-refractivity contribution in [3.05, 3.63) is 36.3 Å². The third kappa shape index (κ3) is 4.32. The first kappa shape index (κ1) is 13.8. The number of carboxylic acids is 1. The van der Waals surface area contributed by atoms with Crippen molar-refractivity contribution >= 4 is 12.1 Å². The zero-order valence-corrected chi connectivity index (χ0v) is 10.0. The minimum atomic E-state index is -1.04. The maximum Gasteiger partial charge on any atom is 0.408 e. The molecule has 6 nitrogen and oxygen atoms in total. The standard InChI is InChI=1S/C12H15NO5/c1-3-6-17-12(16)13-9(7-11(14)15)10-5-4-8(2)18-10/h3-5,9H,1,6-7H2,2H3,(H,13,16)(H,14,15). The molecule has 0 aliphatic carbocycles. The van der Waals surface area contributed by atoms with Gasteiger partial charge in [0.05, 0.1) is 6.42 Å². The van der Waals surface area contributed by atoms with Crippen molar-refractivity contribution in [3.63, 3.8) is 0 Å². The molecule has 0 aromatic carbocycles. The van der Waals surface area contributed by atoms with Crippen molar-refractivity contribution in [2.24, 2.45) is 0 Å². The van der Waals surface area contributed by atoms with E-state index in [0.717, 1.165) is 0 Å². The molecule has 1 amide bonds. The molecule has 1 rings (SSSR count). The van der Waals surface area contributed by atoms with E-state index in [1.807, 2.05) is 0 Å². The molecule has 0 aliphatic heterocycles. The summed E-state index contributed by atoms with van der Waals surface area (Å²) in [5.41, 5.74) is 0. The lowest BCUT2D eigenvalue weighted by Crippen LogP contribution is -2.30. The van der Waals surface area contributed by atoms with Gasteiger partial charge in [0.1, 0.15) is 24.2 Å². The molecule has 1 atom stereocenters. The average Bonchev–Trinajstić information content (AvgIpc) is 2.71. The van der Waals surface area contributed by atoms with Crippen LogP contribution >= 0.6 is 0 Å². The van der Waals surface area contributed by atoms with Gasteiger partial charge in [-0.1, -0.05) is 12.7 Å². The largest absolute Gasteiger partial charge is 0.481 e. The van der Waals surface area contributed by atoms with Gasteiger partial charge in [-0.05, 0) is 19.1 Å². The number of carbonyl (C=O) groups is 2. The van der Waals surface area contributed by atoms with E-state index in [4.69, 9.17) is 14.3 Å². The number of hydrogen-bond acceptors (Lipinski definition) is 4. The Morgan fingerprint density at radius 2 is 2.33 bits per heavy atom. The van der Waals surface area contributed by atoms with E-state index < -0.39 is 18.1 Å². The minimum absolute atomic E-state index is 0.0583. The zero-order valence-electron chi connectivity index (χ0n) is 10.0. The first-order valence-electron chi connectivity index (χ1n) is 5.35. The van der Waals surface area contributed by atoms with E-state index in [1.54, 1.807) is 19.1 Å². The molecular weight excluding hydrogens is 238 g/mol. The maximum atomic E-state index is 11.4. The molecular formula is C12H15NO5. The smallest absolute Gasteiger partial charge is 0.408 e. The number of carbonyl (C=O) groups excluding carboxylic acids is 1. The number of alkyl carbamates (subject to hydrolysis) is 1. The number of carboxylic acid groups (broad SMARTS) is 1. The first-order valence-corrected chi connectivity index (χ1v) is 5.35. The fourth-order valence-electron chi connectivity index (χ4n) is 1.36. The highest BCUT2D eigenvalue weighted by atomic mass is 16.5. The van der Waals surface area contributed by atoms with E-state index in [0.29, 0.717) is 11.5 Å². The summed E-state index contributed by atoms with van der Waals surface area (Å²) in [7, 11) is 0. The van der Waals surface area contributed by atoms with Gasteiger partial charge >= 0.3 is 12.1 Å². The second-order valence-corrected chi connectivity index (χ2v) is 3.63. The Hall–Kier alpha value is -2.24. The van der Waals surface area contributed by atoms with Crippen molar-refractivity contribution in [3.8, 4) is 0 Å². The zero-order chi connectivity index (χ0) is 13.5. The van der Waals surface area contributed by atoms with Crippen molar-refractivity contribution in [1.29, 1.82) is 0 Å². The molecule has 1 aromatic rings. The number of nitrogens with one attached hydrogen (secondary N) is 1. The third-order valence-corrected chi connectivity index (χ3v) is 2.11. The molecule has 0 spiro atoms. The molecule has 18 heavy (non-hydrogen) atoms. The molecule has 98 valence electrons. The second-order valence-electron chi connectivity index (χ2n) is 3.63. The van der Waals surface area contributed by atoms with E-state index >= 15 is 0 Å². The fourth-order valence-corrected chi connectivity index (χ4v) is 1.36. The highest BCUT2D eigenvalue weighted by molar-refractivity contribution is 5.71. The van der Waals surface area contributed by atoms with Crippen LogP contribution in [0.5, 0.6) is 0 Å². The highest BCUT2D eigenvalue weighted by Crippen LogP contribution is 2.19. The van der Waals surface area contributed by atoms with Crippen LogP contribution in [0.25, 0.3) is 0 Å². The predicted octanol–water partition coefficient (Wildman–Crippen LogP) is 2.02. The molecule has 6 heteroatoms. The number of ether oxygens (including phenoxy) is 1. The summed E-state index contributed by atoms with van der Waals surface area (Å²) in [6.07, 6.45) is 0.425. The summed E-state index contributed by atoms with van der Waals surface area (Å²) in [5.74, 6) is -0.0230. The summed E-state index contributed by atoms with van der Waals surface area (Å²) in [4.78, 5) is 22.1. The molecule has 0 saturated carbocycles. The van der Waals surface area contributed by atoms with E-state index in [-0.39, 0.29) is 13.0 Å². The minimum Gasteiger partial charge on any atom is -0.481 e. The summed E-state index contributed by atoms with van der Waals surface area (Å²) < 4.78 is 10.0. The third-order valence-electron chi connectivity index (χ3n) is 2.11. The molecule has 0 fully saturated rings. The molecule has 0 aliphatic rings. The van der Waals surface area contributed by atoms with Crippen LogP contribution in [0.3, 0.4) is 0 Å². The second kappa shape index (κ2) is 6.48. The van der Waals surface area contributed by atoms with Gasteiger partial charge < -0.3 is 19.6 Å². The highest BCUT2D eigenvalue weighted by Gasteiger charge is 2.21. The number of furan rings is 1. The van der Waals surface area contributed by atoms with Crippen LogP contribution in [0.15, 0.2) is 29.2 Å². The van der Waals surface area contributed by atoms with Crippen LogP contribution in [-0.2, 0) is 9.53 Å². The number of hydrogen-bond donors (Lipinski definition) is 2. The molecule has 1 aromatic heterocycles. The van der Waals surface area contributed by atoms with Crippen LogP contribution in [0.2, 0.25) is 0 Å². The van der Waals surface area contributed by atoms with Crippen molar-refractivity contribution in [2.45, 2.75) is 19.4 Å². The molecule has 1 heterocycles. The topological polar surface area (TPSA) is 88.8 Å². The van der Waals surface area contributed by atoms with E-state index in [2.05, 4.69) is 11.9 Å². The van der Waals surface area contributed by atoms with Crippen LogP contribution < -0.4 is 5.32 Å². The van der Waals surface area contributed by atoms with E-state index in [1.165, 1.54) is 6.08 Å². The van der Waals surface area contributed by atoms with Gasteiger partial charge in [-0.25, -0.2) is 4.79 Å². The fraction of sp³-hybridized carbons (Fsp3) is 0.333. The number of rotatable bonds is 6. The lowest BCUT2D eigenvalue weighted by atomic mass is 10.1. The Bertz CT molecular complexity index is 437. The Kier molecular flexibility index (Phi) is 4.98. The summed E-state index contributed by atoms with van der Waals surface area (Å²) in [6.45, 7) is 5.20. The number of amides is 1. The van der Waals surface area contributed by atoms with Crippen molar-refractivity contribution in [1.82, 2.24) is 5.32 Å². The SMILES string of the molecule is C=CCOC(=O)NC(CC(=O)O)c1ccc(C)o1. The summed E-state index contributed by atoms with van der Waals surface area (Å²) >= 11 is 0. The lowest BCUT2D eigenvalue weighted by molar-refractivity contribution is -0.137. The number of aryl methyl sites for hydroxylation is 1. The molecule has 0 bridgehead atoms.